The largest absolute Gasteiger partial charge is 0.465 e. The van der Waals surface area contributed by atoms with Crippen molar-refractivity contribution in [3.8, 4) is 0 Å². The number of esters is 1. The molecule has 1 aliphatic heterocycles. The molecule has 0 saturated heterocycles. The van der Waals surface area contributed by atoms with Gasteiger partial charge >= 0.3 is 5.97 Å². The Labute approximate surface area is 184 Å². The van der Waals surface area contributed by atoms with E-state index in [4.69, 9.17) is 4.74 Å². The highest BCUT2D eigenvalue weighted by molar-refractivity contribution is 8.00. The highest BCUT2D eigenvalue weighted by Gasteiger charge is 2.29. The van der Waals surface area contributed by atoms with Crippen molar-refractivity contribution < 1.29 is 18.7 Å². The maximum absolute atomic E-state index is 13.0. The van der Waals surface area contributed by atoms with Crippen LogP contribution in [-0.4, -0.2) is 42.7 Å². The average molecular weight is 459 g/mol. The Morgan fingerprint density at radius 3 is 2.69 bits per heavy atom. The number of hydrogen-bond acceptors (Lipinski definition) is 6. The van der Waals surface area contributed by atoms with Crippen LogP contribution in [0.2, 0.25) is 0 Å². The molecular weight excluding hydrogens is 435 g/mol. The molecule has 0 bridgehead atoms. The lowest BCUT2D eigenvalue weighted by Crippen LogP contribution is -2.30. The van der Waals surface area contributed by atoms with Crippen molar-refractivity contribution in [2.24, 2.45) is 0 Å². The maximum Gasteiger partial charge on any atom is 0.341 e. The van der Waals surface area contributed by atoms with E-state index in [0.29, 0.717) is 10.6 Å². The van der Waals surface area contributed by atoms with E-state index in [0.717, 1.165) is 47.8 Å². The van der Waals surface area contributed by atoms with Gasteiger partial charge in [0, 0.05) is 22.9 Å². The minimum atomic E-state index is -0.414. The number of thiophene rings is 1. The first-order chi connectivity index (χ1) is 13.5. The number of ether oxygens (including phenoxy) is 1. The number of halogens is 2. The van der Waals surface area contributed by atoms with Crippen molar-refractivity contribution >= 4 is 52.4 Å². The smallest absolute Gasteiger partial charge is 0.341 e. The van der Waals surface area contributed by atoms with E-state index in [2.05, 4.69) is 17.1 Å². The molecule has 0 unspecified atom stereocenters. The van der Waals surface area contributed by atoms with E-state index in [1.54, 1.807) is 12.1 Å². The SMILES string of the molecule is CCCN1CCc2c(sc(NC(=O)CSc3ccc(F)cc3)c2C(=O)OC)C1.Cl. The fraction of sp³-hybridized carbons (Fsp3) is 0.400. The van der Waals surface area contributed by atoms with Gasteiger partial charge in [0.25, 0.3) is 0 Å². The molecule has 3 rings (SSSR count). The van der Waals surface area contributed by atoms with Crippen LogP contribution in [0.1, 0.15) is 34.1 Å². The van der Waals surface area contributed by atoms with Crippen LogP contribution in [0, 0.1) is 5.82 Å². The van der Waals surface area contributed by atoms with Gasteiger partial charge in [0.05, 0.1) is 18.4 Å². The number of benzene rings is 1. The number of amides is 1. The van der Waals surface area contributed by atoms with E-state index in [1.165, 1.54) is 42.3 Å². The Morgan fingerprint density at radius 2 is 2.03 bits per heavy atom. The van der Waals surface area contributed by atoms with E-state index >= 15 is 0 Å². The summed E-state index contributed by atoms with van der Waals surface area (Å²) in [4.78, 5) is 29.1. The van der Waals surface area contributed by atoms with Gasteiger partial charge in [0.2, 0.25) is 5.91 Å². The second-order valence-electron chi connectivity index (χ2n) is 6.52. The molecule has 0 aliphatic carbocycles. The summed E-state index contributed by atoms with van der Waals surface area (Å²) in [5, 5.41) is 3.43. The molecule has 1 aromatic carbocycles. The predicted molar refractivity (Wildman–Crippen MR) is 118 cm³/mol. The summed E-state index contributed by atoms with van der Waals surface area (Å²) in [7, 11) is 1.36. The van der Waals surface area contributed by atoms with Gasteiger partial charge in [0.1, 0.15) is 10.8 Å². The zero-order valence-corrected chi connectivity index (χ0v) is 18.8. The van der Waals surface area contributed by atoms with Crippen LogP contribution in [0.3, 0.4) is 0 Å². The first kappa shape index (κ1) is 23.7. The monoisotopic (exact) mass is 458 g/mol. The fourth-order valence-electron chi connectivity index (χ4n) is 3.21. The van der Waals surface area contributed by atoms with Crippen molar-refractivity contribution in [2.75, 3.05) is 31.3 Å². The molecular formula is C20H24ClFN2O3S2. The lowest BCUT2D eigenvalue weighted by atomic mass is 10.0. The van der Waals surface area contributed by atoms with Gasteiger partial charge in [0.15, 0.2) is 0 Å². The molecule has 1 aliphatic rings. The Morgan fingerprint density at radius 1 is 1.31 bits per heavy atom. The Balaban J connectivity index is 0.00000300. The predicted octanol–water partition coefficient (Wildman–Crippen LogP) is 4.59. The van der Waals surface area contributed by atoms with E-state index < -0.39 is 5.97 Å². The fourth-order valence-corrected chi connectivity index (χ4v) is 5.20. The summed E-state index contributed by atoms with van der Waals surface area (Å²) in [5.74, 6) is -0.749. The molecule has 2 heterocycles. The first-order valence-corrected chi connectivity index (χ1v) is 11.0. The van der Waals surface area contributed by atoms with Crippen LogP contribution >= 0.6 is 35.5 Å². The minimum absolute atomic E-state index is 0. The number of thioether (sulfide) groups is 1. The van der Waals surface area contributed by atoms with Gasteiger partial charge in [-0.25, -0.2) is 9.18 Å². The molecule has 1 amide bonds. The lowest BCUT2D eigenvalue weighted by Gasteiger charge is -2.26. The van der Waals surface area contributed by atoms with Crippen LogP contribution in [0.5, 0.6) is 0 Å². The number of methoxy groups -OCH3 is 1. The van der Waals surface area contributed by atoms with Crippen LogP contribution in [-0.2, 0) is 22.5 Å². The molecule has 5 nitrogen and oxygen atoms in total. The zero-order chi connectivity index (χ0) is 20.1. The number of nitrogens with one attached hydrogen (secondary N) is 1. The minimum Gasteiger partial charge on any atom is -0.465 e. The summed E-state index contributed by atoms with van der Waals surface area (Å²) < 4.78 is 17.9. The molecule has 0 fully saturated rings. The van der Waals surface area contributed by atoms with Gasteiger partial charge in [-0.15, -0.1) is 35.5 Å². The molecule has 2 aromatic rings. The second kappa shape index (κ2) is 11.0. The highest BCUT2D eigenvalue weighted by atomic mass is 35.5. The molecule has 0 atom stereocenters. The highest BCUT2D eigenvalue weighted by Crippen LogP contribution is 2.37. The number of nitrogens with zero attached hydrogens (tertiary/aromatic N) is 1. The van der Waals surface area contributed by atoms with Gasteiger partial charge < -0.3 is 10.1 Å². The summed E-state index contributed by atoms with van der Waals surface area (Å²) >= 11 is 2.77. The molecule has 0 spiro atoms. The van der Waals surface area contributed by atoms with Gasteiger partial charge in [-0.2, -0.15) is 0 Å². The maximum atomic E-state index is 13.0. The third-order valence-corrected chi connectivity index (χ3v) is 6.65. The van der Waals surface area contributed by atoms with Gasteiger partial charge in [-0.05, 0) is 49.2 Å². The van der Waals surface area contributed by atoms with Crippen LogP contribution in [0.15, 0.2) is 29.2 Å². The average Bonchev–Trinajstić information content (AvgIpc) is 3.04. The van der Waals surface area contributed by atoms with E-state index in [1.807, 2.05) is 0 Å². The third-order valence-electron chi connectivity index (χ3n) is 4.50. The Bertz CT molecular complexity index is 858. The van der Waals surface area contributed by atoms with E-state index in [9.17, 15) is 14.0 Å². The molecule has 158 valence electrons. The summed E-state index contributed by atoms with van der Waals surface area (Å²) in [6.45, 7) is 4.85. The van der Waals surface area contributed by atoms with Crippen molar-refractivity contribution in [3.63, 3.8) is 0 Å². The van der Waals surface area contributed by atoms with Crippen molar-refractivity contribution in [1.82, 2.24) is 4.90 Å². The first-order valence-electron chi connectivity index (χ1n) is 9.15. The molecule has 0 radical (unpaired) electrons. The topological polar surface area (TPSA) is 58.6 Å². The number of carbonyl (C=O) groups is 2. The molecule has 9 heteroatoms. The third kappa shape index (κ3) is 5.94. The zero-order valence-electron chi connectivity index (χ0n) is 16.3. The Kier molecular flexibility index (Phi) is 8.95. The number of hydrogen-bond donors (Lipinski definition) is 1. The quantitative estimate of drug-likeness (QED) is 0.485. The summed E-state index contributed by atoms with van der Waals surface area (Å²) in [5.41, 5.74) is 1.48. The molecule has 1 aromatic heterocycles. The number of fused-ring (bicyclic) bond motifs is 1. The van der Waals surface area contributed by atoms with Crippen LogP contribution in [0.4, 0.5) is 9.39 Å². The van der Waals surface area contributed by atoms with E-state index in [-0.39, 0.29) is 29.9 Å². The van der Waals surface area contributed by atoms with Crippen molar-refractivity contribution in [3.05, 3.63) is 46.1 Å². The number of rotatable bonds is 7. The summed E-state index contributed by atoms with van der Waals surface area (Å²) in [6, 6.07) is 6.01. The molecule has 0 saturated carbocycles. The normalized spacial score (nSPS) is 13.3. The van der Waals surface area contributed by atoms with Crippen molar-refractivity contribution in [1.29, 1.82) is 0 Å². The second-order valence-corrected chi connectivity index (χ2v) is 8.67. The van der Waals surface area contributed by atoms with Crippen LogP contribution < -0.4 is 5.32 Å². The van der Waals surface area contributed by atoms with Gasteiger partial charge in [-0.1, -0.05) is 6.92 Å². The summed E-state index contributed by atoms with van der Waals surface area (Å²) in [6.07, 6.45) is 1.85. The number of carbonyl (C=O) groups excluding carboxylic acids is 2. The van der Waals surface area contributed by atoms with Crippen LogP contribution in [0.25, 0.3) is 0 Å². The molecule has 1 N–H and O–H groups in total. The Hall–Kier alpha value is -1.61. The molecule has 29 heavy (non-hydrogen) atoms. The number of anilines is 1. The van der Waals surface area contributed by atoms with Crippen molar-refractivity contribution in [2.45, 2.75) is 31.2 Å². The van der Waals surface area contributed by atoms with Gasteiger partial charge in [-0.3, -0.25) is 9.69 Å². The lowest BCUT2D eigenvalue weighted by molar-refractivity contribution is -0.113. The standard InChI is InChI=1S/C20H23FN2O3S2.ClH/c1-3-9-23-10-8-15-16(11-23)28-19(18(15)20(25)26-2)22-17(24)12-27-14-6-4-13(21)5-7-14;/h4-7H,3,8-12H2,1-2H3,(H,22,24);1H.